The van der Waals surface area contributed by atoms with E-state index >= 15 is 0 Å². The van der Waals surface area contributed by atoms with Gasteiger partial charge in [-0.3, -0.25) is 0 Å². The van der Waals surface area contributed by atoms with Crippen molar-refractivity contribution in [2.75, 3.05) is 23.4 Å². The number of amides is 2. The van der Waals surface area contributed by atoms with Gasteiger partial charge in [0.05, 0.1) is 11.5 Å². The standard InChI is InChI=1S/C14H19ClN2O3S/c1-3-17(11-7-8-21(19,20)9-11)14(18)16-13-6-4-5-12(15)10(13)2/h4-6,11H,3,7-9H2,1-2H3,(H,16,18). The van der Waals surface area contributed by atoms with Gasteiger partial charge >= 0.3 is 6.03 Å². The van der Waals surface area contributed by atoms with Crippen molar-refractivity contribution >= 4 is 33.2 Å². The second kappa shape index (κ2) is 6.23. The van der Waals surface area contributed by atoms with Crippen LogP contribution in [0.5, 0.6) is 0 Å². The molecule has 1 aliphatic rings. The molecule has 0 spiro atoms. The lowest BCUT2D eigenvalue weighted by atomic mass is 10.2. The van der Waals surface area contributed by atoms with Crippen LogP contribution in [0.3, 0.4) is 0 Å². The summed E-state index contributed by atoms with van der Waals surface area (Å²) in [6, 6.07) is 4.76. The van der Waals surface area contributed by atoms with Crippen molar-refractivity contribution in [2.45, 2.75) is 26.3 Å². The van der Waals surface area contributed by atoms with Crippen molar-refractivity contribution in [1.82, 2.24) is 4.90 Å². The number of benzene rings is 1. The van der Waals surface area contributed by atoms with Crippen molar-refractivity contribution in [3.05, 3.63) is 28.8 Å². The molecule has 5 nitrogen and oxygen atoms in total. The van der Waals surface area contributed by atoms with E-state index in [0.717, 1.165) is 5.56 Å². The number of anilines is 1. The minimum Gasteiger partial charge on any atom is -0.321 e. The first-order valence-electron chi connectivity index (χ1n) is 6.87. The summed E-state index contributed by atoms with van der Waals surface area (Å²) in [7, 11) is -3.01. The van der Waals surface area contributed by atoms with E-state index in [4.69, 9.17) is 11.6 Å². The Morgan fingerprint density at radius 2 is 2.19 bits per heavy atom. The molecule has 0 saturated carbocycles. The van der Waals surface area contributed by atoms with E-state index in [1.54, 1.807) is 23.1 Å². The number of rotatable bonds is 3. The predicted octanol–water partition coefficient (Wildman–Crippen LogP) is 2.69. The lowest BCUT2D eigenvalue weighted by Crippen LogP contribution is -2.43. The summed E-state index contributed by atoms with van der Waals surface area (Å²) in [5, 5.41) is 3.40. The number of carbonyl (C=O) groups is 1. The van der Waals surface area contributed by atoms with Gasteiger partial charge in [-0.2, -0.15) is 0 Å². The monoisotopic (exact) mass is 330 g/mol. The van der Waals surface area contributed by atoms with Gasteiger partial charge in [0.25, 0.3) is 0 Å². The van der Waals surface area contributed by atoms with Crippen LogP contribution in [0.2, 0.25) is 5.02 Å². The van der Waals surface area contributed by atoms with Crippen LogP contribution in [-0.2, 0) is 9.84 Å². The van der Waals surface area contributed by atoms with Gasteiger partial charge < -0.3 is 10.2 Å². The highest BCUT2D eigenvalue weighted by Gasteiger charge is 2.34. The van der Waals surface area contributed by atoms with E-state index in [9.17, 15) is 13.2 Å². The highest BCUT2D eigenvalue weighted by Crippen LogP contribution is 2.24. The Balaban J connectivity index is 2.12. The minimum atomic E-state index is -3.01. The van der Waals surface area contributed by atoms with Crippen LogP contribution in [0.15, 0.2) is 18.2 Å². The molecular formula is C14H19ClN2O3S. The zero-order valence-corrected chi connectivity index (χ0v) is 13.7. The molecule has 1 aromatic rings. The van der Waals surface area contributed by atoms with E-state index in [2.05, 4.69) is 5.32 Å². The molecule has 116 valence electrons. The maximum absolute atomic E-state index is 12.4. The van der Waals surface area contributed by atoms with E-state index < -0.39 is 9.84 Å². The van der Waals surface area contributed by atoms with Crippen LogP contribution in [0, 0.1) is 6.92 Å². The van der Waals surface area contributed by atoms with Crippen molar-refractivity contribution < 1.29 is 13.2 Å². The highest BCUT2D eigenvalue weighted by atomic mass is 35.5. The molecule has 0 aliphatic carbocycles. The van der Waals surface area contributed by atoms with Crippen molar-refractivity contribution in [2.24, 2.45) is 0 Å². The third-order valence-electron chi connectivity index (χ3n) is 3.76. The zero-order chi connectivity index (χ0) is 15.6. The van der Waals surface area contributed by atoms with Crippen LogP contribution in [0.1, 0.15) is 18.9 Å². The summed E-state index contributed by atoms with van der Waals surface area (Å²) in [6.45, 7) is 4.13. The maximum Gasteiger partial charge on any atom is 0.322 e. The molecule has 1 saturated heterocycles. The van der Waals surface area contributed by atoms with Crippen LogP contribution in [0.4, 0.5) is 10.5 Å². The van der Waals surface area contributed by atoms with Crippen molar-refractivity contribution in [3.8, 4) is 0 Å². The molecule has 1 unspecified atom stereocenters. The highest BCUT2D eigenvalue weighted by molar-refractivity contribution is 7.91. The fourth-order valence-electron chi connectivity index (χ4n) is 2.52. The van der Waals surface area contributed by atoms with E-state index in [-0.39, 0.29) is 23.6 Å². The molecule has 0 aromatic heterocycles. The topological polar surface area (TPSA) is 66.5 Å². The number of carbonyl (C=O) groups excluding carboxylic acids is 1. The molecule has 1 aromatic carbocycles. The Kier molecular flexibility index (Phi) is 4.78. The summed E-state index contributed by atoms with van der Waals surface area (Å²) < 4.78 is 23.1. The van der Waals surface area contributed by atoms with E-state index in [0.29, 0.717) is 23.7 Å². The molecule has 1 aliphatic heterocycles. The van der Waals surface area contributed by atoms with Gasteiger partial charge in [-0.05, 0) is 38.0 Å². The molecule has 1 N–H and O–H groups in total. The van der Waals surface area contributed by atoms with Crippen LogP contribution >= 0.6 is 11.6 Å². The lowest BCUT2D eigenvalue weighted by molar-refractivity contribution is 0.197. The van der Waals surface area contributed by atoms with Crippen LogP contribution < -0.4 is 5.32 Å². The summed E-state index contributed by atoms with van der Waals surface area (Å²) in [6.07, 6.45) is 0.498. The van der Waals surface area contributed by atoms with E-state index in [1.807, 2.05) is 13.8 Å². The summed E-state index contributed by atoms with van der Waals surface area (Å²) in [5.74, 6) is 0.195. The molecule has 1 heterocycles. The first-order valence-corrected chi connectivity index (χ1v) is 9.07. The minimum absolute atomic E-state index is 0.0444. The van der Waals surface area contributed by atoms with Crippen molar-refractivity contribution in [1.29, 1.82) is 0 Å². The number of halogens is 1. The average molecular weight is 331 g/mol. The number of hydrogen-bond acceptors (Lipinski definition) is 3. The third-order valence-corrected chi connectivity index (χ3v) is 5.92. The largest absolute Gasteiger partial charge is 0.322 e. The zero-order valence-electron chi connectivity index (χ0n) is 12.1. The Bertz CT molecular complexity index is 646. The summed E-state index contributed by atoms with van der Waals surface area (Å²) in [5.41, 5.74) is 1.44. The average Bonchev–Trinajstić information content (AvgIpc) is 2.76. The molecular weight excluding hydrogens is 312 g/mol. The smallest absolute Gasteiger partial charge is 0.321 e. The van der Waals surface area contributed by atoms with Gasteiger partial charge in [0, 0.05) is 23.3 Å². The first-order chi connectivity index (χ1) is 9.84. The SMILES string of the molecule is CCN(C(=O)Nc1cccc(Cl)c1C)C1CCS(=O)(=O)C1. The number of nitrogens with one attached hydrogen (secondary N) is 1. The number of sulfone groups is 1. The van der Waals surface area contributed by atoms with Gasteiger partial charge in [-0.25, -0.2) is 13.2 Å². The van der Waals surface area contributed by atoms with Gasteiger partial charge in [-0.15, -0.1) is 0 Å². The second-order valence-electron chi connectivity index (χ2n) is 5.19. The molecule has 7 heteroatoms. The Hall–Kier alpha value is -1.27. The van der Waals surface area contributed by atoms with Gasteiger partial charge in [0.1, 0.15) is 0 Å². The number of hydrogen-bond donors (Lipinski definition) is 1. The first kappa shape index (κ1) is 16.1. The molecule has 0 radical (unpaired) electrons. The van der Waals surface area contributed by atoms with Gasteiger partial charge in [-0.1, -0.05) is 17.7 Å². The fourth-order valence-corrected chi connectivity index (χ4v) is 4.42. The lowest BCUT2D eigenvalue weighted by Gasteiger charge is -2.27. The quantitative estimate of drug-likeness (QED) is 0.926. The number of nitrogens with zero attached hydrogens (tertiary/aromatic N) is 1. The Morgan fingerprint density at radius 1 is 1.48 bits per heavy atom. The van der Waals surface area contributed by atoms with Gasteiger partial charge in [0.2, 0.25) is 0 Å². The molecule has 1 atom stereocenters. The fraction of sp³-hybridized carbons (Fsp3) is 0.500. The summed E-state index contributed by atoms with van der Waals surface area (Å²) in [4.78, 5) is 14.0. The molecule has 2 rings (SSSR count). The summed E-state index contributed by atoms with van der Waals surface area (Å²) >= 11 is 6.03. The molecule has 2 amide bonds. The Labute approximate surface area is 130 Å². The predicted molar refractivity (Wildman–Crippen MR) is 84.6 cm³/mol. The molecule has 1 fully saturated rings. The van der Waals surface area contributed by atoms with Gasteiger partial charge in [0.15, 0.2) is 9.84 Å². The normalized spacial score (nSPS) is 20.2. The maximum atomic E-state index is 12.4. The van der Waals surface area contributed by atoms with Crippen LogP contribution in [0.25, 0.3) is 0 Å². The van der Waals surface area contributed by atoms with Crippen molar-refractivity contribution in [3.63, 3.8) is 0 Å². The van der Waals surface area contributed by atoms with E-state index in [1.165, 1.54) is 0 Å². The van der Waals surface area contributed by atoms with Crippen LogP contribution in [-0.4, -0.2) is 43.4 Å². The molecule has 21 heavy (non-hydrogen) atoms. The second-order valence-corrected chi connectivity index (χ2v) is 7.82. The molecule has 0 bridgehead atoms. The third kappa shape index (κ3) is 3.68. The number of urea groups is 1. The Morgan fingerprint density at radius 3 is 2.76 bits per heavy atom.